The molecule has 0 aliphatic carbocycles. The normalized spacial score (nSPS) is 18.4. The molecule has 0 aromatic carbocycles. The van der Waals surface area contributed by atoms with Crippen LogP contribution in [0, 0.1) is 0 Å². The molecule has 1 aliphatic heterocycles. The van der Waals surface area contributed by atoms with Crippen LogP contribution in [0.25, 0.3) is 5.65 Å². The first-order valence-electron chi connectivity index (χ1n) is 5.58. The molecule has 2 N–H and O–H groups in total. The molecule has 3 rings (SSSR count). The van der Waals surface area contributed by atoms with Gasteiger partial charge in [-0.3, -0.25) is 0 Å². The van der Waals surface area contributed by atoms with Gasteiger partial charge < -0.3 is 4.74 Å². The lowest BCUT2D eigenvalue weighted by Gasteiger charge is -2.38. The van der Waals surface area contributed by atoms with Gasteiger partial charge in [-0.05, 0) is 19.1 Å². The molecule has 0 atom stereocenters. The lowest BCUT2D eigenvalue weighted by atomic mass is 10.0. The van der Waals surface area contributed by atoms with E-state index in [2.05, 4.69) is 14.9 Å². The van der Waals surface area contributed by atoms with Crippen molar-refractivity contribution in [1.29, 1.82) is 0 Å². The molecule has 0 saturated carbocycles. The maximum Gasteiger partial charge on any atom is 0.347 e. The minimum atomic E-state index is -3.70. The Labute approximate surface area is 108 Å². The highest BCUT2D eigenvalue weighted by Crippen LogP contribution is 2.19. The molecule has 2 aromatic heterocycles. The summed E-state index contributed by atoms with van der Waals surface area (Å²) < 4.78 is 33.1. The second-order valence-corrected chi connectivity index (χ2v) is 6.46. The Morgan fingerprint density at radius 3 is 2.84 bits per heavy atom. The molecule has 9 heteroatoms. The number of fused-ring (bicyclic) bond motifs is 1. The number of aromatic amines is 1. The van der Waals surface area contributed by atoms with Gasteiger partial charge in [0.25, 0.3) is 0 Å². The van der Waals surface area contributed by atoms with Gasteiger partial charge in [-0.25, -0.2) is 27.4 Å². The largest absolute Gasteiger partial charge is 0.377 e. The maximum atomic E-state index is 12.2. The molecule has 3 heterocycles. The average Bonchev–Trinajstić information content (AvgIpc) is 2.68. The van der Waals surface area contributed by atoms with Crippen molar-refractivity contribution in [2.75, 3.05) is 13.2 Å². The highest BCUT2D eigenvalue weighted by molar-refractivity contribution is 7.89. The van der Waals surface area contributed by atoms with Crippen LogP contribution in [0.4, 0.5) is 0 Å². The Morgan fingerprint density at radius 2 is 2.21 bits per heavy atom. The number of pyridine rings is 1. The van der Waals surface area contributed by atoms with Gasteiger partial charge in [-0.15, -0.1) is 0 Å². The van der Waals surface area contributed by atoms with E-state index in [1.807, 2.05) is 0 Å². The van der Waals surface area contributed by atoms with E-state index in [1.54, 1.807) is 6.92 Å². The number of nitrogens with zero attached hydrogens (tertiary/aromatic N) is 2. The minimum Gasteiger partial charge on any atom is -0.377 e. The second kappa shape index (κ2) is 3.89. The van der Waals surface area contributed by atoms with Crippen molar-refractivity contribution >= 4 is 15.7 Å². The van der Waals surface area contributed by atoms with Crippen LogP contribution < -0.4 is 10.4 Å². The highest BCUT2D eigenvalue weighted by atomic mass is 32.2. The number of ether oxygens (including phenoxy) is 1. The van der Waals surface area contributed by atoms with Crippen LogP contribution in [-0.4, -0.2) is 41.8 Å². The van der Waals surface area contributed by atoms with Gasteiger partial charge in [-0.1, -0.05) is 0 Å². The van der Waals surface area contributed by atoms with Gasteiger partial charge in [0.2, 0.25) is 10.0 Å². The molecule has 1 saturated heterocycles. The van der Waals surface area contributed by atoms with Gasteiger partial charge in [0, 0.05) is 6.20 Å². The van der Waals surface area contributed by atoms with Gasteiger partial charge in [0.1, 0.15) is 0 Å². The number of nitrogens with one attached hydrogen (secondary N) is 2. The Bertz CT molecular complexity index is 787. The lowest BCUT2D eigenvalue weighted by Crippen LogP contribution is -2.59. The number of hydrogen-bond acceptors (Lipinski definition) is 5. The number of hydrogen-bond donors (Lipinski definition) is 2. The molecular formula is C10H12N4O4S. The molecule has 0 spiro atoms. The van der Waals surface area contributed by atoms with Crippen molar-refractivity contribution in [3.63, 3.8) is 0 Å². The molecule has 8 nitrogen and oxygen atoms in total. The zero-order chi connectivity index (χ0) is 13.7. The van der Waals surface area contributed by atoms with Gasteiger partial charge >= 0.3 is 5.69 Å². The van der Waals surface area contributed by atoms with Crippen LogP contribution in [0.5, 0.6) is 0 Å². The van der Waals surface area contributed by atoms with E-state index in [-0.39, 0.29) is 4.90 Å². The van der Waals surface area contributed by atoms with Crippen LogP contribution in [0.1, 0.15) is 6.92 Å². The fourth-order valence-electron chi connectivity index (χ4n) is 1.90. The third-order valence-corrected chi connectivity index (χ3v) is 4.54. The average molecular weight is 284 g/mol. The van der Waals surface area contributed by atoms with Crippen molar-refractivity contribution in [2.24, 2.45) is 0 Å². The summed E-state index contributed by atoms with van der Waals surface area (Å²) in [7, 11) is -3.70. The summed E-state index contributed by atoms with van der Waals surface area (Å²) in [4.78, 5) is 11.4. The predicted octanol–water partition coefficient (Wildman–Crippen LogP) is -0.910. The van der Waals surface area contributed by atoms with Crippen LogP contribution in [0.3, 0.4) is 0 Å². The molecule has 2 aromatic rings. The number of aromatic nitrogens is 3. The van der Waals surface area contributed by atoms with E-state index in [9.17, 15) is 13.2 Å². The topological polar surface area (TPSA) is 106 Å². The fourth-order valence-corrected chi connectivity index (χ4v) is 3.27. The minimum absolute atomic E-state index is 0.0108. The summed E-state index contributed by atoms with van der Waals surface area (Å²) in [6, 6.07) is 2.87. The predicted molar refractivity (Wildman–Crippen MR) is 65.4 cm³/mol. The van der Waals surface area contributed by atoms with Crippen LogP contribution in [0.15, 0.2) is 28.0 Å². The first kappa shape index (κ1) is 12.3. The van der Waals surface area contributed by atoms with Crippen molar-refractivity contribution in [3.05, 3.63) is 28.8 Å². The lowest BCUT2D eigenvalue weighted by molar-refractivity contribution is -0.0523. The van der Waals surface area contributed by atoms with E-state index in [0.717, 1.165) is 4.40 Å². The summed E-state index contributed by atoms with van der Waals surface area (Å²) in [5, 5.41) is 5.98. The summed E-state index contributed by atoms with van der Waals surface area (Å²) in [6.45, 7) is 2.43. The van der Waals surface area contributed by atoms with E-state index in [0.29, 0.717) is 18.9 Å². The quantitative estimate of drug-likeness (QED) is 0.759. The third kappa shape index (κ3) is 2.05. The summed E-state index contributed by atoms with van der Waals surface area (Å²) in [5.41, 5.74) is -0.706. The first-order valence-corrected chi connectivity index (χ1v) is 7.07. The van der Waals surface area contributed by atoms with Crippen LogP contribution in [0.2, 0.25) is 0 Å². The van der Waals surface area contributed by atoms with Gasteiger partial charge in [0.15, 0.2) is 5.65 Å². The molecule has 0 unspecified atom stereocenters. The van der Waals surface area contributed by atoms with Crippen molar-refractivity contribution in [3.8, 4) is 0 Å². The van der Waals surface area contributed by atoms with E-state index < -0.39 is 21.3 Å². The van der Waals surface area contributed by atoms with Crippen molar-refractivity contribution < 1.29 is 13.2 Å². The van der Waals surface area contributed by atoms with E-state index in [1.165, 1.54) is 18.3 Å². The fraction of sp³-hybridized carbons (Fsp3) is 0.400. The number of rotatable bonds is 3. The molecule has 19 heavy (non-hydrogen) atoms. The van der Waals surface area contributed by atoms with Crippen LogP contribution >= 0.6 is 0 Å². The smallest absolute Gasteiger partial charge is 0.347 e. The zero-order valence-corrected chi connectivity index (χ0v) is 10.9. The Kier molecular flexibility index (Phi) is 2.52. The van der Waals surface area contributed by atoms with Crippen molar-refractivity contribution in [2.45, 2.75) is 17.4 Å². The zero-order valence-electron chi connectivity index (χ0n) is 10.1. The van der Waals surface area contributed by atoms with Crippen molar-refractivity contribution in [1.82, 2.24) is 19.3 Å². The summed E-state index contributed by atoms with van der Waals surface area (Å²) in [5.74, 6) is 0. The molecule has 1 fully saturated rings. The Morgan fingerprint density at radius 1 is 1.47 bits per heavy atom. The molecule has 102 valence electrons. The van der Waals surface area contributed by atoms with Gasteiger partial charge in [0.05, 0.1) is 23.6 Å². The summed E-state index contributed by atoms with van der Waals surface area (Å²) in [6.07, 6.45) is 1.24. The molecule has 0 bridgehead atoms. The SMILES string of the molecule is CC1(NS(=O)(=O)c2ccc3n[nH]c(=O)n3c2)COC1. The first-order chi connectivity index (χ1) is 8.90. The highest BCUT2D eigenvalue weighted by Gasteiger charge is 2.37. The van der Waals surface area contributed by atoms with Gasteiger partial charge in [-0.2, -0.15) is 5.10 Å². The Balaban J connectivity index is 2.02. The summed E-state index contributed by atoms with van der Waals surface area (Å²) >= 11 is 0. The third-order valence-electron chi connectivity index (χ3n) is 2.92. The number of sulfonamides is 1. The monoisotopic (exact) mass is 284 g/mol. The molecular weight excluding hydrogens is 272 g/mol. The Hall–Kier alpha value is -1.71. The standard InChI is InChI=1S/C10H12N4O4S/c1-10(5-18-6-10)13-19(16,17)7-2-3-8-11-12-9(15)14(8)4-7/h2-4,13H,5-6H2,1H3,(H,12,15). The molecule has 0 amide bonds. The maximum absolute atomic E-state index is 12.2. The van der Waals surface area contributed by atoms with E-state index in [4.69, 9.17) is 4.74 Å². The second-order valence-electron chi connectivity index (χ2n) is 4.78. The molecule has 1 aliphatic rings. The number of H-pyrrole nitrogens is 1. The molecule has 0 radical (unpaired) electrons. The van der Waals surface area contributed by atoms with E-state index >= 15 is 0 Å². The van der Waals surface area contributed by atoms with Crippen LogP contribution in [-0.2, 0) is 14.8 Å².